The van der Waals surface area contributed by atoms with Crippen LogP contribution in [0.5, 0.6) is 5.75 Å². The van der Waals surface area contributed by atoms with Gasteiger partial charge in [-0.3, -0.25) is 0 Å². The smallest absolute Gasteiger partial charge is 0.406 e. The Morgan fingerprint density at radius 2 is 1.74 bits per heavy atom. The summed E-state index contributed by atoms with van der Waals surface area (Å²) in [5.41, 5.74) is 1.01. The standard InChI is InChI=1S/C14H20F3NO/c1-4-18-11(3)10(2)9-12-5-7-13(8-6-12)19-14(15,16)17/h5-8,10-11,18H,4,9H2,1-3H3. The molecule has 1 aromatic rings. The number of ether oxygens (including phenoxy) is 1. The Morgan fingerprint density at radius 1 is 1.16 bits per heavy atom. The Hall–Kier alpha value is -1.23. The van der Waals surface area contributed by atoms with E-state index in [1.165, 1.54) is 12.1 Å². The summed E-state index contributed by atoms with van der Waals surface area (Å²) < 4.78 is 39.9. The van der Waals surface area contributed by atoms with Crippen molar-refractivity contribution in [3.05, 3.63) is 29.8 Å². The van der Waals surface area contributed by atoms with Crippen molar-refractivity contribution < 1.29 is 17.9 Å². The van der Waals surface area contributed by atoms with Crippen molar-refractivity contribution in [3.63, 3.8) is 0 Å². The molecule has 108 valence electrons. The number of rotatable bonds is 6. The first-order chi connectivity index (χ1) is 8.81. The highest BCUT2D eigenvalue weighted by molar-refractivity contribution is 5.27. The molecule has 1 N–H and O–H groups in total. The van der Waals surface area contributed by atoms with Gasteiger partial charge >= 0.3 is 6.36 Å². The molecule has 0 aliphatic rings. The van der Waals surface area contributed by atoms with Crippen LogP contribution < -0.4 is 10.1 Å². The van der Waals surface area contributed by atoms with Gasteiger partial charge in [0.25, 0.3) is 0 Å². The average Bonchev–Trinajstić information content (AvgIpc) is 2.30. The molecule has 0 fully saturated rings. The lowest BCUT2D eigenvalue weighted by molar-refractivity contribution is -0.274. The minimum Gasteiger partial charge on any atom is -0.406 e. The predicted octanol–water partition coefficient (Wildman–Crippen LogP) is 3.76. The van der Waals surface area contributed by atoms with Gasteiger partial charge in [-0.25, -0.2) is 0 Å². The summed E-state index contributed by atoms with van der Waals surface area (Å²) in [6.07, 6.45) is -3.81. The van der Waals surface area contributed by atoms with Gasteiger partial charge in [0.05, 0.1) is 0 Å². The van der Waals surface area contributed by atoms with E-state index in [1.54, 1.807) is 12.1 Å². The van der Waals surface area contributed by atoms with Gasteiger partial charge in [-0.2, -0.15) is 0 Å². The molecule has 2 nitrogen and oxygen atoms in total. The molecule has 0 saturated heterocycles. The largest absolute Gasteiger partial charge is 0.573 e. The summed E-state index contributed by atoms with van der Waals surface area (Å²) in [5.74, 6) is 0.234. The lowest BCUT2D eigenvalue weighted by Crippen LogP contribution is -2.32. The van der Waals surface area contributed by atoms with Gasteiger partial charge in [-0.15, -0.1) is 13.2 Å². The minimum atomic E-state index is -4.63. The number of benzene rings is 1. The Kier molecular flexibility index (Phi) is 5.66. The van der Waals surface area contributed by atoms with Crippen LogP contribution in [0.2, 0.25) is 0 Å². The predicted molar refractivity (Wildman–Crippen MR) is 69.1 cm³/mol. The molecule has 0 radical (unpaired) electrons. The second-order valence-corrected chi connectivity index (χ2v) is 4.72. The van der Waals surface area contributed by atoms with Gasteiger partial charge in [0.15, 0.2) is 0 Å². The Balaban J connectivity index is 2.57. The van der Waals surface area contributed by atoms with E-state index in [1.807, 2.05) is 6.92 Å². The maximum absolute atomic E-state index is 12.0. The summed E-state index contributed by atoms with van der Waals surface area (Å²) in [7, 11) is 0. The summed E-state index contributed by atoms with van der Waals surface area (Å²) in [6, 6.07) is 6.43. The summed E-state index contributed by atoms with van der Waals surface area (Å²) in [5, 5.41) is 3.33. The monoisotopic (exact) mass is 275 g/mol. The molecule has 0 saturated carbocycles. The van der Waals surface area contributed by atoms with Crippen LogP contribution in [0.25, 0.3) is 0 Å². The van der Waals surface area contributed by atoms with Crippen LogP contribution >= 0.6 is 0 Å². The van der Waals surface area contributed by atoms with Crippen molar-refractivity contribution >= 4 is 0 Å². The van der Waals surface area contributed by atoms with Crippen LogP contribution in [0.3, 0.4) is 0 Å². The third kappa shape index (κ3) is 5.96. The number of alkyl halides is 3. The topological polar surface area (TPSA) is 21.3 Å². The highest BCUT2D eigenvalue weighted by Crippen LogP contribution is 2.23. The Labute approximate surface area is 112 Å². The molecule has 5 heteroatoms. The third-order valence-corrected chi connectivity index (χ3v) is 3.09. The first kappa shape index (κ1) is 15.8. The number of halogens is 3. The summed E-state index contributed by atoms with van der Waals surface area (Å²) in [4.78, 5) is 0. The van der Waals surface area contributed by atoms with Gasteiger partial charge < -0.3 is 10.1 Å². The molecule has 0 aliphatic heterocycles. The maximum Gasteiger partial charge on any atom is 0.573 e. The first-order valence-corrected chi connectivity index (χ1v) is 6.40. The zero-order chi connectivity index (χ0) is 14.5. The van der Waals surface area contributed by atoms with E-state index in [-0.39, 0.29) is 5.75 Å². The summed E-state index contributed by atoms with van der Waals surface area (Å²) >= 11 is 0. The van der Waals surface area contributed by atoms with Gasteiger partial charge in [0, 0.05) is 6.04 Å². The zero-order valence-electron chi connectivity index (χ0n) is 11.4. The Morgan fingerprint density at radius 3 is 2.21 bits per heavy atom. The van der Waals surface area contributed by atoms with Crippen LogP contribution in [0.15, 0.2) is 24.3 Å². The lowest BCUT2D eigenvalue weighted by atomic mass is 9.95. The highest BCUT2D eigenvalue weighted by Gasteiger charge is 2.30. The van der Waals surface area contributed by atoms with Crippen LogP contribution in [0.4, 0.5) is 13.2 Å². The molecule has 2 atom stereocenters. The number of hydrogen-bond donors (Lipinski definition) is 1. The molecule has 0 spiro atoms. The molecule has 2 unspecified atom stereocenters. The molecule has 0 aromatic heterocycles. The van der Waals surface area contributed by atoms with E-state index in [2.05, 4.69) is 23.9 Å². The fourth-order valence-electron chi connectivity index (χ4n) is 1.90. The average molecular weight is 275 g/mol. The first-order valence-electron chi connectivity index (χ1n) is 6.40. The van der Waals surface area contributed by atoms with E-state index in [9.17, 15) is 13.2 Å². The molecule has 0 amide bonds. The van der Waals surface area contributed by atoms with E-state index >= 15 is 0 Å². The number of nitrogens with one attached hydrogen (secondary N) is 1. The molecule has 0 bridgehead atoms. The van der Waals surface area contributed by atoms with E-state index < -0.39 is 6.36 Å². The molecule has 1 aromatic carbocycles. The fraction of sp³-hybridized carbons (Fsp3) is 0.571. The van der Waals surface area contributed by atoms with E-state index in [4.69, 9.17) is 0 Å². The van der Waals surface area contributed by atoms with Crippen molar-refractivity contribution in [1.82, 2.24) is 5.32 Å². The van der Waals surface area contributed by atoms with Gasteiger partial charge in [-0.05, 0) is 43.5 Å². The van der Waals surface area contributed by atoms with Crippen LogP contribution in [0, 0.1) is 5.92 Å². The maximum atomic E-state index is 12.0. The van der Waals surface area contributed by atoms with Crippen molar-refractivity contribution in [2.45, 2.75) is 39.6 Å². The van der Waals surface area contributed by atoms with Crippen LogP contribution in [0.1, 0.15) is 26.3 Å². The van der Waals surface area contributed by atoms with Gasteiger partial charge in [0.2, 0.25) is 0 Å². The Bertz CT molecular complexity index is 375. The quantitative estimate of drug-likeness (QED) is 0.853. The second-order valence-electron chi connectivity index (χ2n) is 4.72. The normalized spacial score (nSPS) is 15.1. The fourth-order valence-corrected chi connectivity index (χ4v) is 1.90. The SMILES string of the molecule is CCNC(C)C(C)Cc1ccc(OC(F)(F)F)cc1. The molecule has 0 aliphatic carbocycles. The molecule has 0 heterocycles. The van der Waals surface area contributed by atoms with Crippen molar-refractivity contribution in [2.24, 2.45) is 5.92 Å². The van der Waals surface area contributed by atoms with Gasteiger partial charge in [0.1, 0.15) is 5.75 Å². The van der Waals surface area contributed by atoms with Crippen molar-refractivity contribution in [2.75, 3.05) is 6.54 Å². The minimum absolute atomic E-state index is 0.177. The van der Waals surface area contributed by atoms with E-state index in [0.29, 0.717) is 12.0 Å². The second kappa shape index (κ2) is 6.80. The molecule has 19 heavy (non-hydrogen) atoms. The molecular formula is C14H20F3NO. The zero-order valence-corrected chi connectivity index (χ0v) is 11.4. The number of hydrogen-bond acceptors (Lipinski definition) is 2. The molecular weight excluding hydrogens is 255 g/mol. The van der Waals surface area contributed by atoms with Gasteiger partial charge in [-0.1, -0.05) is 26.0 Å². The van der Waals surface area contributed by atoms with Crippen LogP contribution in [-0.4, -0.2) is 18.9 Å². The van der Waals surface area contributed by atoms with Crippen molar-refractivity contribution in [3.8, 4) is 5.75 Å². The van der Waals surface area contributed by atoms with Crippen LogP contribution in [-0.2, 0) is 6.42 Å². The van der Waals surface area contributed by atoms with E-state index in [0.717, 1.165) is 18.5 Å². The molecule has 1 rings (SSSR count). The highest BCUT2D eigenvalue weighted by atomic mass is 19.4. The third-order valence-electron chi connectivity index (χ3n) is 3.09. The lowest BCUT2D eigenvalue weighted by Gasteiger charge is -2.20. The van der Waals surface area contributed by atoms with Crippen molar-refractivity contribution in [1.29, 1.82) is 0 Å². The summed E-state index contributed by atoms with van der Waals surface area (Å²) in [6.45, 7) is 7.18.